The predicted octanol–water partition coefficient (Wildman–Crippen LogP) is 7.70. The third-order valence-corrected chi connectivity index (χ3v) is 6.17. The Labute approximate surface area is 200 Å². The number of nitrogens with one attached hydrogen (secondary N) is 1. The normalized spacial score (nSPS) is 11.1. The summed E-state index contributed by atoms with van der Waals surface area (Å²) in [4.78, 5) is 35.5. The van der Waals surface area contributed by atoms with Gasteiger partial charge in [-0.05, 0) is 38.5 Å². The summed E-state index contributed by atoms with van der Waals surface area (Å²) in [5, 5.41) is 3.18. The Hall–Kier alpha value is -2.04. The van der Waals surface area contributed by atoms with Gasteiger partial charge in [0.1, 0.15) is 23.3 Å². The van der Waals surface area contributed by atoms with Crippen LogP contribution in [0.2, 0.25) is 0 Å². The van der Waals surface area contributed by atoms with E-state index in [9.17, 15) is 18.8 Å². The van der Waals surface area contributed by atoms with E-state index < -0.39 is 29.1 Å². The summed E-state index contributed by atoms with van der Waals surface area (Å²) in [5.41, 5.74) is 0.383. The summed E-state index contributed by atoms with van der Waals surface area (Å²) in [6.45, 7) is 5.35. The molecule has 0 saturated carbocycles. The van der Waals surface area contributed by atoms with Crippen LogP contribution >= 0.6 is 0 Å². The fourth-order valence-corrected chi connectivity index (χ4v) is 4.19. The maximum atomic E-state index is 14.4. The van der Waals surface area contributed by atoms with Crippen LogP contribution in [0.4, 0.5) is 10.1 Å². The average Bonchev–Trinajstić information content (AvgIpc) is 2.76. The molecule has 0 fully saturated rings. The summed E-state index contributed by atoms with van der Waals surface area (Å²) in [6, 6.07) is 4.23. The molecule has 0 aromatic heterocycles. The fraction of sp³-hybridized carbons (Fsp3) is 0.679. The van der Waals surface area contributed by atoms with Crippen molar-refractivity contribution in [1.29, 1.82) is 0 Å². The highest BCUT2D eigenvalue weighted by Crippen LogP contribution is 2.20. The number of halogens is 1. The van der Waals surface area contributed by atoms with Crippen molar-refractivity contribution in [1.82, 2.24) is 0 Å². The van der Waals surface area contributed by atoms with Gasteiger partial charge >= 0.3 is 0 Å². The molecule has 1 aromatic carbocycles. The molecule has 0 radical (unpaired) electrons. The highest BCUT2D eigenvalue weighted by atomic mass is 19.1. The zero-order chi connectivity index (χ0) is 24.5. The molecule has 33 heavy (non-hydrogen) atoms. The van der Waals surface area contributed by atoms with E-state index in [4.69, 9.17) is 0 Å². The van der Waals surface area contributed by atoms with E-state index in [1.165, 1.54) is 103 Å². The molecular formula is C28H44FNO3. The van der Waals surface area contributed by atoms with Gasteiger partial charge in [-0.3, -0.25) is 14.4 Å². The Morgan fingerprint density at radius 2 is 1.21 bits per heavy atom. The third-order valence-electron chi connectivity index (χ3n) is 6.17. The lowest BCUT2D eigenvalue weighted by molar-refractivity contribution is -0.128. The van der Waals surface area contributed by atoms with Crippen LogP contribution in [0.1, 0.15) is 121 Å². The minimum Gasteiger partial charge on any atom is -0.385 e. The van der Waals surface area contributed by atoms with Gasteiger partial charge in [0.15, 0.2) is 5.78 Å². The lowest BCUT2D eigenvalue weighted by atomic mass is 9.91. The number of carbonyl (C=O) groups is 3. The molecule has 0 bridgehead atoms. The van der Waals surface area contributed by atoms with Crippen LogP contribution in [0.3, 0.4) is 0 Å². The largest absolute Gasteiger partial charge is 0.385 e. The van der Waals surface area contributed by atoms with Crippen molar-refractivity contribution in [2.24, 2.45) is 5.92 Å². The number of benzene rings is 1. The standard InChI is InChI=1S/C28H44FNO3/c1-4-5-6-7-8-9-10-11-12-13-14-15-16-17-20-30-24-18-19-25(26(29)21-24)28(33)27(22(2)31)23(3)32/h18-19,21,27,30H,4-17,20H2,1-3H3. The van der Waals surface area contributed by atoms with Crippen molar-refractivity contribution in [3.8, 4) is 0 Å². The average molecular weight is 462 g/mol. The number of hydrogen-bond donors (Lipinski definition) is 1. The Bertz CT molecular complexity index is 718. The number of Topliss-reactive ketones (excluding diaryl/α,β-unsaturated/α-hetero) is 3. The number of hydrogen-bond acceptors (Lipinski definition) is 4. The van der Waals surface area contributed by atoms with Gasteiger partial charge in [0.05, 0.1) is 5.56 Å². The van der Waals surface area contributed by atoms with Gasteiger partial charge in [-0.2, -0.15) is 0 Å². The number of anilines is 1. The number of ketones is 3. The van der Waals surface area contributed by atoms with Gasteiger partial charge in [0.2, 0.25) is 0 Å². The third kappa shape index (κ3) is 12.1. The molecule has 0 atom stereocenters. The van der Waals surface area contributed by atoms with Crippen LogP contribution < -0.4 is 5.32 Å². The summed E-state index contributed by atoms with van der Waals surface area (Å²) in [5.74, 6) is -4.03. The zero-order valence-corrected chi connectivity index (χ0v) is 21.0. The molecule has 0 aliphatic rings. The summed E-state index contributed by atoms with van der Waals surface area (Å²) >= 11 is 0. The van der Waals surface area contributed by atoms with Gasteiger partial charge in [-0.15, -0.1) is 0 Å². The van der Waals surface area contributed by atoms with Crippen LogP contribution in [-0.2, 0) is 9.59 Å². The van der Waals surface area contributed by atoms with Crippen molar-refractivity contribution in [3.05, 3.63) is 29.6 Å². The van der Waals surface area contributed by atoms with E-state index in [-0.39, 0.29) is 5.56 Å². The van der Waals surface area contributed by atoms with E-state index >= 15 is 0 Å². The first-order chi connectivity index (χ1) is 15.9. The van der Waals surface area contributed by atoms with Gasteiger partial charge in [0, 0.05) is 12.2 Å². The lowest BCUT2D eigenvalue weighted by Crippen LogP contribution is -2.29. The molecule has 1 N–H and O–H groups in total. The number of unbranched alkanes of at least 4 members (excludes halogenated alkanes) is 13. The highest BCUT2D eigenvalue weighted by molar-refractivity contribution is 6.23. The fourth-order valence-electron chi connectivity index (χ4n) is 4.19. The Kier molecular flexibility index (Phi) is 15.3. The van der Waals surface area contributed by atoms with Crippen LogP contribution in [0.15, 0.2) is 18.2 Å². The van der Waals surface area contributed by atoms with E-state index in [0.29, 0.717) is 5.69 Å². The van der Waals surface area contributed by atoms with Gasteiger partial charge in [0.25, 0.3) is 0 Å². The van der Waals surface area contributed by atoms with Crippen LogP contribution in [0.25, 0.3) is 0 Å². The van der Waals surface area contributed by atoms with E-state index in [1.807, 2.05) is 0 Å². The molecule has 0 aliphatic heterocycles. The molecule has 0 spiro atoms. The van der Waals surface area contributed by atoms with Crippen molar-refractivity contribution in [2.45, 2.75) is 111 Å². The van der Waals surface area contributed by atoms with Crippen molar-refractivity contribution in [2.75, 3.05) is 11.9 Å². The summed E-state index contributed by atoms with van der Waals surface area (Å²) in [6.07, 6.45) is 18.3. The minimum absolute atomic E-state index is 0.215. The van der Waals surface area contributed by atoms with Gasteiger partial charge in [-0.25, -0.2) is 4.39 Å². The molecule has 0 saturated heterocycles. The summed E-state index contributed by atoms with van der Waals surface area (Å²) in [7, 11) is 0. The zero-order valence-electron chi connectivity index (χ0n) is 21.0. The second-order valence-corrected chi connectivity index (χ2v) is 9.24. The van der Waals surface area contributed by atoms with E-state index in [0.717, 1.165) is 19.4 Å². The van der Waals surface area contributed by atoms with Crippen molar-refractivity contribution < 1.29 is 18.8 Å². The van der Waals surface area contributed by atoms with Crippen LogP contribution in [0.5, 0.6) is 0 Å². The minimum atomic E-state index is -1.42. The quantitative estimate of drug-likeness (QED) is 0.123. The van der Waals surface area contributed by atoms with E-state index in [1.54, 1.807) is 6.07 Å². The Balaban J connectivity index is 2.15. The summed E-state index contributed by atoms with van der Waals surface area (Å²) < 4.78 is 14.4. The lowest BCUT2D eigenvalue weighted by Gasteiger charge is -2.12. The van der Waals surface area contributed by atoms with Crippen molar-refractivity contribution in [3.63, 3.8) is 0 Å². The number of rotatable bonds is 20. The van der Waals surface area contributed by atoms with Gasteiger partial charge < -0.3 is 5.32 Å². The second kappa shape index (κ2) is 17.4. The molecule has 1 aromatic rings. The Morgan fingerprint density at radius 3 is 1.64 bits per heavy atom. The highest BCUT2D eigenvalue weighted by Gasteiger charge is 2.30. The smallest absolute Gasteiger partial charge is 0.183 e. The molecule has 5 heteroatoms. The molecule has 186 valence electrons. The SMILES string of the molecule is CCCCCCCCCCCCCCCCNc1ccc(C(=O)C(C(C)=O)C(C)=O)c(F)c1. The van der Waals surface area contributed by atoms with Crippen LogP contribution in [-0.4, -0.2) is 23.9 Å². The van der Waals surface area contributed by atoms with Crippen molar-refractivity contribution >= 4 is 23.0 Å². The predicted molar refractivity (Wildman–Crippen MR) is 134 cm³/mol. The molecular weight excluding hydrogens is 417 g/mol. The number of carbonyl (C=O) groups excluding carboxylic acids is 3. The van der Waals surface area contributed by atoms with E-state index in [2.05, 4.69) is 12.2 Å². The first kappa shape index (κ1) is 29.0. The first-order valence-electron chi connectivity index (χ1n) is 13.0. The maximum Gasteiger partial charge on any atom is 0.183 e. The molecule has 1 rings (SSSR count). The monoisotopic (exact) mass is 461 g/mol. The maximum absolute atomic E-state index is 14.4. The topological polar surface area (TPSA) is 63.2 Å². The molecule has 0 heterocycles. The van der Waals surface area contributed by atoms with Gasteiger partial charge in [-0.1, -0.05) is 90.4 Å². The Morgan fingerprint density at radius 1 is 0.758 bits per heavy atom. The molecule has 0 aliphatic carbocycles. The molecule has 4 nitrogen and oxygen atoms in total. The molecule has 0 unspecified atom stereocenters. The second-order valence-electron chi connectivity index (χ2n) is 9.24. The molecule has 0 amide bonds. The van der Waals surface area contributed by atoms with Crippen LogP contribution in [0, 0.1) is 11.7 Å². The first-order valence-corrected chi connectivity index (χ1v) is 13.0.